The summed E-state index contributed by atoms with van der Waals surface area (Å²) in [5.41, 5.74) is 5.89. The molecule has 51 heavy (non-hydrogen) atoms. The van der Waals surface area contributed by atoms with Gasteiger partial charge in [0.25, 0.3) is 11.8 Å². The molecule has 0 spiro atoms. The lowest BCUT2D eigenvalue weighted by molar-refractivity contribution is 0.0943. The summed E-state index contributed by atoms with van der Waals surface area (Å²) in [4.78, 5) is 48.0. The van der Waals surface area contributed by atoms with E-state index in [-0.39, 0.29) is 11.8 Å². The Balaban J connectivity index is 0.000000191. The molecule has 11 heteroatoms. The van der Waals surface area contributed by atoms with Crippen LogP contribution in [-0.4, -0.2) is 37.5 Å². The van der Waals surface area contributed by atoms with Crippen molar-refractivity contribution in [2.45, 2.75) is 51.4 Å². The number of carbonyl (C=O) groups excluding carboxylic acids is 4. The molecule has 0 fully saturated rings. The molecule has 260 valence electrons. The van der Waals surface area contributed by atoms with Crippen molar-refractivity contribution >= 4 is 77.9 Å². The zero-order valence-corrected chi connectivity index (χ0v) is 33.3. The van der Waals surface area contributed by atoms with Crippen LogP contribution in [0.3, 0.4) is 0 Å². The first-order valence-corrected chi connectivity index (χ1v) is 18.4. The predicted molar refractivity (Wildman–Crippen MR) is 208 cm³/mol. The van der Waals surface area contributed by atoms with Crippen LogP contribution < -0.4 is 10.2 Å². The zero-order valence-electron chi connectivity index (χ0n) is 28.5. The van der Waals surface area contributed by atoms with Gasteiger partial charge >= 0.3 is 0 Å². The Morgan fingerprint density at radius 2 is 1.20 bits per heavy atom. The van der Waals surface area contributed by atoms with Gasteiger partial charge in [-0.05, 0) is 115 Å². The second-order valence-electron chi connectivity index (χ2n) is 13.0. The Morgan fingerprint density at radius 1 is 0.706 bits per heavy atom. The van der Waals surface area contributed by atoms with Crippen molar-refractivity contribution in [3.05, 3.63) is 131 Å². The van der Waals surface area contributed by atoms with Crippen molar-refractivity contribution in [3.8, 4) is 12.1 Å². The van der Waals surface area contributed by atoms with Crippen molar-refractivity contribution in [3.63, 3.8) is 0 Å². The summed E-state index contributed by atoms with van der Waals surface area (Å²) in [5, 5.41) is 21.2. The van der Waals surface area contributed by atoms with Gasteiger partial charge in [0.1, 0.15) is 0 Å². The van der Waals surface area contributed by atoms with Crippen LogP contribution in [0.25, 0.3) is 0 Å². The summed E-state index contributed by atoms with van der Waals surface area (Å²) in [6, 6.07) is 26.7. The van der Waals surface area contributed by atoms with Crippen LogP contribution in [0.5, 0.6) is 0 Å². The third-order valence-corrected chi connectivity index (χ3v) is 10.8. The highest BCUT2D eigenvalue weighted by Gasteiger charge is 2.30. The molecular weight excluding hydrogens is 840 g/mol. The van der Waals surface area contributed by atoms with Crippen molar-refractivity contribution < 1.29 is 19.2 Å². The fourth-order valence-electron chi connectivity index (χ4n) is 5.55. The Hall–Kier alpha value is -4.42. The smallest absolute Gasteiger partial charge is 0.258 e. The van der Waals surface area contributed by atoms with Crippen LogP contribution in [0.4, 0.5) is 5.69 Å². The molecule has 2 heterocycles. The Labute approximate surface area is 323 Å². The number of benzene rings is 4. The van der Waals surface area contributed by atoms with Gasteiger partial charge in [-0.1, -0.05) is 68.3 Å². The highest BCUT2D eigenvalue weighted by molar-refractivity contribution is 9.11. The molecule has 2 aliphatic heterocycles. The number of nitrogens with one attached hydrogen (secondary N) is 1. The molecule has 0 saturated heterocycles. The number of carbonyl (C=O) groups is 4. The molecule has 4 aromatic carbocycles. The molecule has 0 aromatic heterocycles. The summed E-state index contributed by atoms with van der Waals surface area (Å²) in [6.45, 7) is 8.68. The number of amides is 2. The number of fused-ring (bicyclic) bond motifs is 2. The van der Waals surface area contributed by atoms with Gasteiger partial charge in [0.15, 0.2) is 12.6 Å². The van der Waals surface area contributed by atoms with Crippen molar-refractivity contribution in [2.24, 2.45) is 0 Å². The quantitative estimate of drug-likeness (QED) is 0.199. The van der Waals surface area contributed by atoms with Gasteiger partial charge in [-0.2, -0.15) is 10.5 Å². The molecule has 0 aliphatic carbocycles. The van der Waals surface area contributed by atoms with Crippen molar-refractivity contribution in [1.82, 2.24) is 5.32 Å². The molecule has 0 saturated carbocycles. The van der Waals surface area contributed by atoms with Crippen LogP contribution in [0, 0.1) is 22.7 Å². The van der Waals surface area contributed by atoms with Gasteiger partial charge in [0.05, 0.1) is 34.2 Å². The minimum atomic E-state index is -0.593. The minimum Gasteiger partial charge on any atom is -0.352 e. The van der Waals surface area contributed by atoms with E-state index in [9.17, 15) is 24.4 Å². The lowest BCUT2D eigenvalue weighted by atomic mass is 9.83. The number of hydrogen-bond donors (Lipinski definition) is 1. The van der Waals surface area contributed by atoms with Gasteiger partial charge < -0.3 is 10.2 Å². The lowest BCUT2D eigenvalue weighted by Crippen LogP contribution is -2.38. The SMILES string of the molecule is CC(C)(C#N)c1ccc2c(c1)CCN(c1cccc(Br)c1C=O)C2=O.CC(C)(C#N)c1ccc2c(c1)CCNC2=O.O=Cc1c(Br)cccc1Br. The molecule has 2 amide bonds. The molecule has 4 aromatic rings. The van der Waals surface area contributed by atoms with Crippen LogP contribution in [-0.2, 0) is 23.7 Å². The Morgan fingerprint density at radius 3 is 1.71 bits per heavy atom. The van der Waals surface area contributed by atoms with Crippen LogP contribution in [0.15, 0.2) is 86.2 Å². The summed E-state index contributed by atoms with van der Waals surface area (Å²) in [7, 11) is 0. The second kappa shape index (κ2) is 16.7. The average molecular weight is 875 g/mol. The number of aldehydes is 2. The molecule has 2 aliphatic rings. The topological polar surface area (TPSA) is 131 Å². The van der Waals surface area contributed by atoms with Gasteiger partial charge in [-0.25, -0.2) is 0 Å². The number of nitriles is 2. The molecule has 0 unspecified atom stereocenters. The van der Waals surface area contributed by atoms with Crippen LogP contribution in [0.2, 0.25) is 0 Å². The third kappa shape index (κ3) is 8.91. The standard InChI is InChI=1S/C20H17BrN2O2.C13H14N2O.C7H4Br2O/c1-20(2,12-22)14-6-7-15-13(10-14)8-9-23(19(15)25)18-5-3-4-17(21)16(18)11-24;1-13(2,8-14)10-3-4-11-9(7-10)5-6-15-12(11)16;8-6-2-1-3-7(9)5(6)4-10/h3-7,10-11H,8-9H2,1-2H3;3-4,7H,5-6H2,1-2H3,(H,15,16);1-4H. The van der Waals surface area contributed by atoms with E-state index in [0.29, 0.717) is 46.4 Å². The number of hydrogen-bond acceptors (Lipinski definition) is 6. The molecule has 1 N–H and O–H groups in total. The van der Waals surface area contributed by atoms with Gasteiger partial charge in [0.2, 0.25) is 0 Å². The Kier molecular flexibility index (Phi) is 12.9. The van der Waals surface area contributed by atoms with E-state index >= 15 is 0 Å². The lowest BCUT2D eigenvalue weighted by Gasteiger charge is -2.30. The van der Waals surface area contributed by atoms with Gasteiger partial charge in [-0.3, -0.25) is 19.2 Å². The van der Waals surface area contributed by atoms with E-state index in [4.69, 9.17) is 5.26 Å². The monoisotopic (exact) mass is 872 g/mol. The predicted octanol–water partition coefficient (Wildman–Crippen LogP) is 9.06. The number of anilines is 1. The zero-order chi connectivity index (χ0) is 37.5. The maximum absolute atomic E-state index is 13.0. The fourth-order valence-corrected chi connectivity index (χ4v) is 7.19. The summed E-state index contributed by atoms with van der Waals surface area (Å²) < 4.78 is 2.30. The van der Waals surface area contributed by atoms with Crippen LogP contribution in [0.1, 0.15) is 91.4 Å². The van der Waals surface area contributed by atoms with Gasteiger partial charge in [-0.15, -0.1) is 0 Å². The number of rotatable bonds is 5. The highest BCUT2D eigenvalue weighted by Crippen LogP contribution is 2.33. The van der Waals surface area contributed by atoms with E-state index in [1.165, 1.54) is 0 Å². The number of nitrogens with zero attached hydrogens (tertiary/aromatic N) is 3. The van der Waals surface area contributed by atoms with Gasteiger partial charge in [0, 0.05) is 43.2 Å². The normalized spacial score (nSPS) is 13.4. The largest absolute Gasteiger partial charge is 0.352 e. The van der Waals surface area contributed by atoms with E-state index in [2.05, 4.69) is 65.2 Å². The first kappa shape index (κ1) is 39.4. The van der Waals surface area contributed by atoms with E-state index in [1.54, 1.807) is 23.1 Å². The molecule has 8 nitrogen and oxygen atoms in total. The van der Waals surface area contributed by atoms with Crippen LogP contribution >= 0.6 is 47.8 Å². The van der Waals surface area contributed by atoms with E-state index in [1.807, 2.05) is 82.3 Å². The molecule has 6 rings (SSSR count). The maximum Gasteiger partial charge on any atom is 0.258 e. The first-order chi connectivity index (χ1) is 24.2. The maximum atomic E-state index is 13.0. The van der Waals surface area contributed by atoms with Crippen molar-refractivity contribution in [2.75, 3.05) is 18.0 Å². The summed E-state index contributed by atoms with van der Waals surface area (Å²) in [6.07, 6.45) is 3.10. The fraction of sp³-hybridized carbons (Fsp3) is 0.250. The third-order valence-electron chi connectivity index (χ3n) is 8.77. The Bertz CT molecular complexity index is 2080. The molecule has 0 bridgehead atoms. The molecule has 0 atom stereocenters. The summed E-state index contributed by atoms with van der Waals surface area (Å²) >= 11 is 9.86. The van der Waals surface area contributed by atoms with Crippen molar-refractivity contribution in [1.29, 1.82) is 10.5 Å². The minimum absolute atomic E-state index is 0.0115. The second-order valence-corrected chi connectivity index (χ2v) is 15.5. The summed E-state index contributed by atoms with van der Waals surface area (Å²) in [5.74, 6) is -0.133. The molecule has 0 radical (unpaired) electrons. The van der Waals surface area contributed by atoms with E-state index < -0.39 is 10.8 Å². The number of halogens is 3. The highest BCUT2D eigenvalue weighted by atomic mass is 79.9. The molecular formula is C40H35Br3N4O4. The van der Waals surface area contributed by atoms with E-state index in [0.717, 1.165) is 55.8 Å². The first-order valence-electron chi connectivity index (χ1n) is 16.0. The average Bonchev–Trinajstić information content (AvgIpc) is 3.12.